The van der Waals surface area contributed by atoms with Crippen LogP contribution in [-0.4, -0.2) is 22.3 Å². The van der Waals surface area contributed by atoms with Gasteiger partial charge in [-0.15, -0.1) is 10.2 Å². The van der Waals surface area contributed by atoms with Gasteiger partial charge in [-0.05, 0) is 30.3 Å². The number of nitrogen functional groups attached to an aromatic ring is 1. The van der Waals surface area contributed by atoms with Gasteiger partial charge in [0.1, 0.15) is 11.6 Å². The number of nitrogens with one attached hydrogen (secondary N) is 1. The maximum atomic E-state index is 5.48. The summed E-state index contributed by atoms with van der Waals surface area (Å²) >= 11 is 1.52. The van der Waals surface area contributed by atoms with Crippen molar-refractivity contribution < 1.29 is 4.74 Å². The molecule has 7 heteroatoms. The Balaban J connectivity index is 1.90. The van der Waals surface area contributed by atoms with Crippen LogP contribution in [0.3, 0.4) is 0 Å². The van der Waals surface area contributed by atoms with Gasteiger partial charge in [0.15, 0.2) is 10.9 Å². The van der Waals surface area contributed by atoms with Crippen molar-refractivity contribution in [2.75, 3.05) is 18.2 Å². The van der Waals surface area contributed by atoms with E-state index in [4.69, 9.17) is 10.5 Å². The highest BCUT2D eigenvalue weighted by Crippen LogP contribution is 2.30. The molecule has 2 aromatic heterocycles. The van der Waals surface area contributed by atoms with Crippen molar-refractivity contribution in [1.82, 2.24) is 15.2 Å². The van der Waals surface area contributed by atoms with Gasteiger partial charge in [-0.25, -0.2) is 4.98 Å². The first-order chi connectivity index (χ1) is 9.24. The van der Waals surface area contributed by atoms with Crippen molar-refractivity contribution >= 4 is 38.3 Å². The lowest BCUT2D eigenvalue weighted by Crippen LogP contribution is -1.97. The van der Waals surface area contributed by atoms with E-state index in [1.54, 1.807) is 19.2 Å². The zero-order valence-corrected chi connectivity index (χ0v) is 10.9. The van der Waals surface area contributed by atoms with E-state index < -0.39 is 0 Å². The van der Waals surface area contributed by atoms with Crippen molar-refractivity contribution in [2.45, 2.75) is 0 Å². The van der Waals surface area contributed by atoms with Gasteiger partial charge in [-0.2, -0.15) is 0 Å². The van der Waals surface area contributed by atoms with Crippen LogP contribution in [-0.2, 0) is 0 Å². The number of anilines is 3. The van der Waals surface area contributed by atoms with Crippen molar-refractivity contribution in [3.8, 4) is 5.75 Å². The summed E-state index contributed by atoms with van der Waals surface area (Å²) in [4.78, 5) is 4.46. The van der Waals surface area contributed by atoms with Crippen LogP contribution in [0, 0.1) is 0 Å². The molecule has 0 fully saturated rings. The molecule has 0 saturated carbocycles. The van der Waals surface area contributed by atoms with Crippen LogP contribution in [0.5, 0.6) is 5.75 Å². The Bertz CT molecular complexity index is 710. The van der Waals surface area contributed by atoms with E-state index in [0.29, 0.717) is 11.6 Å². The zero-order valence-electron chi connectivity index (χ0n) is 10.1. The Labute approximate surface area is 113 Å². The predicted molar refractivity (Wildman–Crippen MR) is 75.9 cm³/mol. The van der Waals surface area contributed by atoms with Crippen LogP contribution in [0.4, 0.5) is 16.8 Å². The fourth-order valence-electron chi connectivity index (χ4n) is 1.60. The average Bonchev–Trinajstić information content (AvgIpc) is 2.82. The minimum Gasteiger partial charge on any atom is -0.497 e. The average molecular weight is 273 g/mol. The summed E-state index contributed by atoms with van der Waals surface area (Å²) in [5.41, 5.74) is 6.40. The van der Waals surface area contributed by atoms with Gasteiger partial charge in [0.25, 0.3) is 0 Å². The third-order valence-electron chi connectivity index (χ3n) is 2.52. The highest BCUT2D eigenvalue weighted by molar-refractivity contribution is 7.22. The van der Waals surface area contributed by atoms with Crippen LogP contribution >= 0.6 is 11.3 Å². The van der Waals surface area contributed by atoms with E-state index in [1.807, 2.05) is 18.2 Å². The topological polar surface area (TPSA) is 86.0 Å². The minimum absolute atomic E-state index is 0.389. The van der Waals surface area contributed by atoms with Gasteiger partial charge in [0.2, 0.25) is 0 Å². The third-order valence-corrected chi connectivity index (χ3v) is 3.45. The normalized spacial score (nSPS) is 10.6. The van der Waals surface area contributed by atoms with E-state index in [1.165, 1.54) is 11.3 Å². The molecular weight excluding hydrogens is 262 g/mol. The molecule has 19 heavy (non-hydrogen) atoms. The molecule has 3 rings (SSSR count). The number of aromatic nitrogens is 3. The van der Waals surface area contributed by atoms with E-state index in [-0.39, 0.29) is 0 Å². The SMILES string of the molecule is COc1ccc2nc(Nc3ccc(N)nn3)sc2c1. The van der Waals surface area contributed by atoms with Gasteiger partial charge < -0.3 is 15.8 Å². The zero-order chi connectivity index (χ0) is 13.2. The lowest BCUT2D eigenvalue weighted by Gasteiger charge is -1.99. The number of ether oxygens (including phenoxy) is 1. The molecule has 0 bridgehead atoms. The first kappa shape index (κ1) is 11.7. The van der Waals surface area contributed by atoms with Gasteiger partial charge in [0, 0.05) is 0 Å². The molecule has 0 aliphatic heterocycles. The van der Waals surface area contributed by atoms with E-state index in [0.717, 1.165) is 21.1 Å². The van der Waals surface area contributed by atoms with Crippen molar-refractivity contribution in [1.29, 1.82) is 0 Å². The molecule has 0 spiro atoms. The van der Waals surface area contributed by atoms with Crippen molar-refractivity contribution in [3.05, 3.63) is 30.3 Å². The molecule has 1 aromatic carbocycles. The van der Waals surface area contributed by atoms with Crippen LogP contribution in [0.1, 0.15) is 0 Å². The fourth-order valence-corrected chi connectivity index (χ4v) is 2.51. The standard InChI is InChI=1S/C12H11N5OS/c1-18-7-2-3-8-9(6-7)19-12(14-8)15-11-5-4-10(13)16-17-11/h2-6H,1H3,(H2,13,16)(H,14,15,17). The Kier molecular flexibility index (Phi) is 2.88. The van der Waals surface area contributed by atoms with Gasteiger partial charge in [0.05, 0.1) is 17.3 Å². The third kappa shape index (κ3) is 2.41. The second kappa shape index (κ2) is 4.69. The molecule has 3 aromatic rings. The summed E-state index contributed by atoms with van der Waals surface area (Å²) < 4.78 is 6.23. The summed E-state index contributed by atoms with van der Waals surface area (Å²) in [5, 5.41) is 11.6. The number of fused-ring (bicyclic) bond motifs is 1. The molecule has 6 nitrogen and oxygen atoms in total. The first-order valence-electron chi connectivity index (χ1n) is 5.55. The van der Waals surface area contributed by atoms with E-state index >= 15 is 0 Å². The quantitative estimate of drug-likeness (QED) is 0.762. The summed E-state index contributed by atoms with van der Waals surface area (Å²) in [6.45, 7) is 0. The molecule has 0 aliphatic rings. The van der Waals surface area contributed by atoms with E-state index in [9.17, 15) is 0 Å². The lowest BCUT2D eigenvalue weighted by atomic mass is 10.3. The van der Waals surface area contributed by atoms with Crippen LogP contribution < -0.4 is 15.8 Å². The number of thiazole rings is 1. The summed E-state index contributed by atoms with van der Waals surface area (Å²) in [5.74, 6) is 1.81. The number of nitrogens with zero attached hydrogens (tertiary/aromatic N) is 3. The molecule has 3 N–H and O–H groups in total. The summed E-state index contributed by atoms with van der Waals surface area (Å²) in [6, 6.07) is 9.20. The van der Waals surface area contributed by atoms with Gasteiger partial charge in [-0.3, -0.25) is 0 Å². The minimum atomic E-state index is 0.389. The Morgan fingerprint density at radius 1 is 1.21 bits per heavy atom. The number of hydrogen-bond donors (Lipinski definition) is 2. The monoisotopic (exact) mass is 273 g/mol. The Hall–Kier alpha value is -2.41. The molecule has 0 saturated heterocycles. The molecule has 2 heterocycles. The largest absolute Gasteiger partial charge is 0.497 e. The maximum Gasteiger partial charge on any atom is 0.189 e. The number of benzene rings is 1. The predicted octanol–water partition coefficient (Wildman–Crippen LogP) is 2.42. The van der Waals surface area contributed by atoms with Gasteiger partial charge in [-0.1, -0.05) is 11.3 Å². The number of methoxy groups -OCH3 is 1. The van der Waals surface area contributed by atoms with Crippen molar-refractivity contribution in [2.24, 2.45) is 0 Å². The van der Waals surface area contributed by atoms with Crippen LogP contribution in [0.2, 0.25) is 0 Å². The molecule has 0 radical (unpaired) electrons. The molecule has 0 unspecified atom stereocenters. The van der Waals surface area contributed by atoms with Crippen molar-refractivity contribution in [3.63, 3.8) is 0 Å². The molecule has 0 atom stereocenters. The second-order valence-corrected chi connectivity index (χ2v) is 4.85. The molecular formula is C12H11N5OS. The summed E-state index contributed by atoms with van der Waals surface area (Å²) in [7, 11) is 1.64. The van der Waals surface area contributed by atoms with Gasteiger partial charge >= 0.3 is 0 Å². The lowest BCUT2D eigenvalue weighted by molar-refractivity contribution is 0.415. The molecule has 0 amide bonds. The number of nitrogens with two attached hydrogens (primary N) is 1. The molecule has 0 aliphatic carbocycles. The maximum absolute atomic E-state index is 5.48. The second-order valence-electron chi connectivity index (χ2n) is 3.82. The van der Waals surface area contributed by atoms with E-state index in [2.05, 4.69) is 20.5 Å². The Morgan fingerprint density at radius 3 is 2.84 bits per heavy atom. The number of hydrogen-bond acceptors (Lipinski definition) is 7. The fraction of sp³-hybridized carbons (Fsp3) is 0.0833. The summed E-state index contributed by atoms with van der Waals surface area (Å²) in [6.07, 6.45) is 0. The highest BCUT2D eigenvalue weighted by Gasteiger charge is 2.06. The smallest absolute Gasteiger partial charge is 0.189 e. The Morgan fingerprint density at radius 2 is 2.11 bits per heavy atom. The number of rotatable bonds is 3. The molecule has 96 valence electrons. The van der Waals surface area contributed by atoms with Crippen LogP contribution in [0.15, 0.2) is 30.3 Å². The first-order valence-corrected chi connectivity index (χ1v) is 6.37. The highest BCUT2D eigenvalue weighted by atomic mass is 32.1. The van der Waals surface area contributed by atoms with Crippen LogP contribution in [0.25, 0.3) is 10.2 Å².